The van der Waals surface area contributed by atoms with Gasteiger partial charge >= 0.3 is 0 Å². The molecule has 2 aromatic carbocycles. The van der Waals surface area contributed by atoms with Crippen LogP contribution in [0.4, 0.5) is 5.69 Å². The number of aryl methyl sites for hydroxylation is 4. The van der Waals surface area contributed by atoms with Gasteiger partial charge < -0.3 is 0 Å². The number of nitrogens with one attached hydrogen (secondary N) is 1. The van der Waals surface area contributed by atoms with Gasteiger partial charge in [0.05, 0.1) is 15.6 Å². The lowest BCUT2D eigenvalue weighted by Gasteiger charge is -2.15. The molecule has 0 radical (unpaired) electrons. The highest BCUT2D eigenvalue weighted by atomic mass is 35.5. The quantitative estimate of drug-likeness (QED) is 0.911. The van der Waals surface area contributed by atoms with E-state index in [2.05, 4.69) is 4.72 Å². The molecule has 0 saturated carbocycles. The van der Waals surface area contributed by atoms with Gasteiger partial charge in [0, 0.05) is 0 Å². The molecule has 3 nitrogen and oxygen atoms in total. The summed E-state index contributed by atoms with van der Waals surface area (Å²) >= 11 is 6.10. The molecule has 0 aliphatic rings. The molecule has 21 heavy (non-hydrogen) atoms. The maximum absolute atomic E-state index is 12.6. The molecule has 0 aliphatic carbocycles. The van der Waals surface area contributed by atoms with Gasteiger partial charge in [0.15, 0.2) is 0 Å². The van der Waals surface area contributed by atoms with E-state index in [1.54, 1.807) is 26.0 Å². The Kier molecular flexibility index (Phi) is 4.30. The molecule has 0 amide bonds. The predicted octanol–water partition coefficient (Wildman–Crippen LogP) is 4.37. The fraction of sp³-hybridized carbons (Fsp3) is 0.250. The summed E-state index contributed by atoms with van der Waals surface area (Å²) in [6.45, 7) is 7.44. The van der Waals surface area contributed by atoms with Crippen LogP contribution in [0.3, 0.4) is 0 Å². The van der Waals surface area contributed by atoms with Gasteiger partial charge in [0.2, 0.25) is 0 Å². The molecule has 2 rings (SSSR count). The van der Waals surface area contributed by atoms with Crippen LogP contribution in [0.5, 0.6) is 0 Å². The van der Waals surface area contributed by atoms with Crippen LogP contribution in [0.15, 0.2) is 35.2 Å². The second-order valence-corrected chi connectivity index (χ2v) is 7.34. The summed E-state index contributed by atoms with van der Waals surface area (Å²) in [5.41, 5.74) is 3.86. The molecule has 5 heteroatoms. The highest BCUT2D eigenvalue weighted by Crippen LogP contribution is 2.28. The van der Waals surface area contributed by atoms with E-state index >= 15 is 0 Å². The van der Waals surface area contributed by atoms with Crippen molar-refractivity contribution in [1.82, 2.24) is 0 Å². The lowest BCUT2D eigenvalue weighted by molar-refractivity contribution is 0.600. The van der Waals surface area contributed by atoms with Crippen molar-refractivity contribution in [3.8, 4) is 0 Å². The van der Waals surface area contributed by atoms with Gasteiger partial charge in [-0.3, -0.25) is 4.72 Å². The first-order valence-electron chi connectivity index (χ1n) is 6.57. The first kappa shape index (κ1) is 15.9. The van der Waals surface area contributed by atoms with E-state index < -0.39 is 10.0 Å². The Morgan fingerprint density at radius 1 is 0.905 bits per heavy atom. The van der Waals surface area contributed by atoms with Crippen LogP contribution in [0, 0.1) is 27.7 Å². The Balaban J connectivity index is 2.48. The van der Waals surface area contributed by atoms with Gasteiger partial charge in [-0.1, -0.05) is 35.4 Å². The van der Waals surface area contributed by atoms with Gasteiger partial charge in [-0.25, -0.2) is 8.42 Å². The molecule has 0 saturated heterocycles. The van der Waals surface area contributed by atoms with Gasteiger partial charge in [0.25, 0.3) is 10.0 Å². The van der Waals surface area contributed by atoms with Crippen LogP contribution >= 0.6 is 11.6 Å². The normalized spacial score (nSPS) is 11.5. The SMILES string of the molecule is Cc1cc(C)c(S(=O)(=O)Nc2ccc(C)cc2Cl)c(C)c1. The van der Waals surface area contributed by atoms with E-state index in [-0.39, 0.29) is 0 Å². The minimum Gasteiger partial charge on any atom is -0.278 e. The van der Waals surface area contributed by atoms with Crippen LogP contribution in [0.25, 0.3) is 0 Å². The fourth-order valence-electron chi connectivity index (χ4n) is 2.49. The first-order chi connectivity index (χ1) is 9.70. The number of hydrogen-bond acceptors (Lipinski definition) is 2. The minimum absolute atomic E-state index is 0.310. The molecule has 0 unspecified atom stereocenters. The zero-order valence-electron chi connectivity index (χ0n) is 12.5. The summed E-state index contributed by atoms with van der Waals surface area (Å²) in [7, 11) is -3.66. The van der Waals surface area contributed by atoms with Crippen LogP contribution < -0.4 is 4.72 Å². The number of halogens is 1. The molecular formula is C16H18ClNO2S. The summed E-state index contributed by atoms with van der Waals surface area (Å²) in [5.74, 6) is 0. The first-order valence-corrected chi connectivity index (χ1v) is 8.43. The topological polar surface area (TPSA) is 46.2 Å². The van der Waals surface area contributed by atoms with Crippen molar-refractivity contribution in [3.63, 3.8) is 0 Å². The highest BCUT2D eigenvalue weighted by Gasteiger charge is 2.20. The summed E-state index contributed by atoms with van der Waals surface area (Å²) in [4.78, 5) is 0.310. The van der Waals surface area contributed by atoms with Crippen molar-refractivity contribution >= 4 is 27.3 Å². The second-order valence-electron chi connectivity index (χ2n) is 5.32. The smallest absolute Gasteiger partial charge is 0.262 e. The molecule has 0 fully saturated rings. The van der Waals surface area contributed by atoms with Gasteiger partial charge in [0.1, 0.15) is 0 Å². The average molecular weight is 324 g/mol. The predicted molar refractivity (Wildman–Crippen MR) is 87.7 cm³/mol. The molecule has 1 N–H and O–H groups in total. The van der Waals surface area contributed by atoms with Crippen molar-refractivity contribution in [1.29, 1.82) is 0 Å². The van der Waals surface area contributed by atoms with Crippen LogP contribution in [-0.4, -0.2) is 8.42 Å². The van der Waals surface area contributed by atoms with Crippen molar-refractivity contribution in [3.05, 3.63) is 57.6 Å². The largest absolute Gasteiger partial charge is 0.278 e. The summed E-state index contributed by atoms with van der Waals surface area (Å²) in [6.07, 6.45) is 0. The maximum Gasteiger partial charge on any atom is 0.262 e. The fourth-order valence-corrected chi connectivity index (χ4v) is 4.36. The second kappa shape index (κ2) is 5.70. The Bertz CT molecular complexity index is 775. The van der Waals surface area contributed by atoms with E-state index in [0.29, 0.717) is 15.6 Å². The van der Waals surface area contributed by atoms with Crippen molar-refractivity contribution in [2.45, 2.75) is 32.6 Å². The monoisotopic (exact) mass is 323 g/mol. The van der Waals surface area contributed by atoms with Crippen LogP contribution in [-0.2, 0) is 10.0 Å². The number of anilines is 1. The molecule has 0 aromatic heterocycles. The number of rotatable bonds is 3. The number of sulfonamides is 1. The molecule has 0 bridgehead atoms. The Labute approximate surface area is 131 Å². The third-order valence-corrected chi connectivity index (χ3v) is 5.23. The molecule has 112 valence electrons. The van der Waals surface area contributed by atoms with Crippen LogP contribution in [0.1, 0.15) is 22.3 Å². The van der Waals surface area contributed by atoms with Crippen LogP contribution in [0.2, 0.25) is 5.02 Å². The van der Waals surface area contributed by atoms with Crippen molar-refractivity contribution in [2.75, 3.05) is 4.72 Å². The van der Waals surface area contributed by atoms with Crippen molar-refractivity contribution in [2.24, 2.45) is 0 Å². The highest BCUT2D eigenvalue weighted by molar-refractivity contribution is 7.92. The molecular weight excluding hydrogens is 306 g/mol. The zero-order chi connectivity index (χ0) is 15.8. The lowest BCUT2D eigenvalue weighted by Crippen LogP contribution is -2.16. The van der Waals surface area contributed by atoms with Gasteiger partial charge in [-0.15, -0.1) is 0 Å². The maximum atomic E-state index is 12.6. The Hall–Kier alpha value is -1.52. The average Bonchev–Trinajstić information content (AvgIpc) is 2.30. The molecule has 0 aliphatic heterocycles. The number of hydrogen-bond donors (Lipinski definition) is 1. The molecule has 0 heterocycles. The summed E-state index contributed by atoms with van der Waals surface area (Å²) < 4.78 is 27.8. The number of benzene rings is 2. The molecule has 0 atom stereocenters. The minimum atomic E-state index is -3.66. The van der Waals surface area contributed by atoms with E-state index in [1.165, 1.54) is 0 Å². The molecule has 0 spiro atoms. The van der Waals surface area contributed by atoms with Gasteiger partial charge in [-0.05, 0) is 56.5 Å². The summed E-state index contributed by atoms with van der Waals surface area (Å²) in [6, 6.07) is 8.94. The third kappa shape index (κ3) is 3.39. The van der Waals surface area contributed by atoms with E-state index in [1.807, 2.05) is 32.0 Å². The third-order valence-electron chi connectivity index (χ3n) is 3.24. The standard InChI is InChI=1S/C16H18ClNO2S/c1-10-5-6-15(14(17)9-10)18-21(19,20)16-12(3)7-11(2)8-13(16)4/h5-9,18H,1-4H3. The Morgan fingerprint density at radius 3 is 2.00 bits per heavy atom. The van der Waals surface area contributed by atoms with Gasteiger partial charge in [-0.2, -0.15) is 0 Å². The molecule has 2 aromatic rings. The summed E-state index contributed by atoms with van der Waals surface area (Å²) in [5, 5.41) is 0.390. The zero-order valence-corrected chi connectivity index (χ0v) is 14.1. The van der Waals surface area contributed by atoms with E-state index in [4.69, 9.17) is 11.6 Å². The van der Waals surface area contributed by atoms with E-state index in [0.717, 1.165) is 22.3 Å². The Morgan fingerprint density at radius 2 is 1.48 bits per heavy atom. The van der Waals surface area contributed by atoms with Crippen molar-refractivity contribution < 1.29 is 8.42 Å². The van der Waals surface area contributed by atoms with E-state index in [9.17, 15) is 8.42 Å². The lowest BCUT2D eigenvalue weighted by atomic mass is 10.1.